The van der Waals surface area contributed by atoms with Gasteiger partial charge < -0.3 is 5.11 Å². The minimum atomic E-state index is 0.0551. The molecule has 0 saturated heterocycles. The van der Waals surface area contributed by atoms with Gasteiger partial charge in [0.15, 0.2) is 0 Å². The summed E-state index contributed by atoms with van der Waals surface area (Å²) in [6.07, 6.45) is 7.29. The van der Waals surface area contributed by atoms with Crippen molar-refractivity contribution < 1.29 is 5.11 Å². The van der Waals surface area contributed by atoms with Crippen molar-refractivity contribution in [2.75, 3.05) is 0 Å². The van der Waals surface area contributed by atoms with Gasteiger partial charge >= 0.3 is 0 Å². The van der Waals surface area contributed by atoms with E-state index in [9.17, 15) is 5.11 Å². The molecule has 0 aliphatic heterocycles. The van der Waals surface area contributed by atoms with Crippen LogP contribution in [0.25, 0.3) is 0 Å². The predicted molar refractivity (Wildman–Crippen MR) is 52.3 cm³/mol. The Morgan fingerprint density at radius 1 is 1.38 bits per heavy atom. The highest BCUT2D eigenvalue weighted by atomic mass is 16.3. The van der Waals surface area contributed by atoms with Gasteiger partial charge in [-0.05, 0) is 29.2 Å². The smallest absolute Gasteiger partial charge is 0.120 e. The molecule has 0 fully saturated rings. The van der Waals surface area contributed by atoms with E-state index in [2.05, 4.69) is 26.0 Å². The Balaban J connectivity index is 2.32. The van der Waals surface area contributed by atoms with Crippen LogP contribution in [0.2, 0.25) is 0 Å². The van der Waals surface area contributed by atoms with Crippen molar-refractivity contribution in [2.45, 2.75) is 20.3 Å². The molecular weight excluding hydrogens is 160 g/mol. The highest BCUT2D eigenvalue weighted by Gasteiger charge is 2.45. The zero-order chi connectivity index (χ0) is 9.22. The molecule has 0 unspecified atom stereocenters. The summed E-state index contributed by atoms with van der Waals surface area (Å²) < 4.78 is 0. The Labute approximate surface area is 77.8 Å². The molecule has 66 valence electrons. The Morgan fingerprint density at radius 3 is 2.92 bits per heavy atom. The fourth-order valence-electron chi connectivity index (χ4n) is 2.78. The highest BCUT2D eigenvalue weighted by Crippen LogP contribution is 2.58. The molecule has 0 amide bonds. The third-order valence-electron chi connectivity index (χ3n) is 3.36. The molecule has 0 aromatic rings. The lowest BCUT2D eigenvalue weighted by Gasteiger charge is -2.19. The molecule has 3 aliphatic carbocycles. The second-order valence-electron chi connectivity index (χ2n) is 4.44. The largest absolute Gasteiger partial charge is 0.508 e. The molecule has 1 nitrogen and oxygen atoms in total. The summed E-state index contributed by atoms with van der Waals surface area (Å²) in [5, 5.41) is 9.74. The van der Waals surface area contributed by atoms with Gasteiger partial charge in [0, 0.05) is 11.0 Å². The van der Waals surface area contributed by atoms with Crippen molar-refractivity contribution in [3.63, 3.8) is 0 Å². The zero-order valence-electron chi connectivity index (χ0n) is 7.89. The summed E-state index contributed by atoms with van der Waals surface area (Å²) in [4.78, 5) is 0. The van der Waals surface area contributed by atoms with Gasteiger partial charge in [0.25, 0.3) is 0 Å². The maximum Gasteiger partial charge on any atom is 0.120 e. The van der Waals surface area contributed by atoms with E-state index >= 15 is 0 Å². The van der Waals surface area contributed by atoms with Crippen LogP contribution >= 0.6 is 0 Å². The van der Waals surface area contributed by atoms with Gasteiger partial charge in [-0.2, -0.15) is 0 Å². The fourth-order valence-corrected chi connectivity index (χ4v) is 2.78. The van der Waals surface area contributed by atoms with Crippen molar-refractivity contribution in [1.29, 1.82) is 0 Å². The van der Waals surface area contributed by atoms with Crippen LogP contribution in [0.3, 0.4) is 0 Å². The first-order chi connectivity index (χ1) is 6.12. The molecule has 0 saturated carbocycles. The summed E-state index contributed by atoms with van der Waals surface area (Å²) in [7, 11) is 0. The number of hydrogen-bond acceptors (Lipinski definition) is 1. The third-order valence-corrected chi connectivity index (χ3v) is 3.36. The molecule has 0 heterocycles. The number of fused-ring (bicyclic) bond motifs is 4. The Bertz CT molecular complexity index is 428. The molecule has 13 heavy (non-hydrogen) atoms. The SMILES string of the molecule is CC1(C)C2=CC(O)=C1C1=C2CC=C1. The van der Waals surface area contributed by atoms with Gasteiger partial charge in [-0.25, -0.2) is 0 Å². The molecule has 0 atom stereocenters. The van der Waals surface area contributed by atoms with Crippen LogP contribution in [0, 0.1) is 5.41 Å². The lowest BCUT2D eigenvalue weighted by atomic mass is 9.83. The first kappa shape index (κ1) is 7.19. The molecule has 2 bridgehead atoms. The molecule has 0 spiro atoms. The lowest BCUT2D eigenvalue weighted by molar-refractivity contribution is 0.420. The van der Waals surface area contributed by atoms with Crippen molar-refractivity contribution in [2.24, 2.45) is 5.41 Å². The van der Waals surface area contributed by atoms with Crippen molar-refractivity contribution in [3.05, 3.63) is 46.3 Å². The van der Waals surface area contributed by atoms with E-state index in [1.54, 1.807) is 0 Å². The van der Waals surface area contributed by atoms with Gasteiger partial charge in [-0.1, -0.05) is 26.0 Å². The minimum absolute atomic E-state index is 0.0551. The Morgan fingerprint density at radius 2 is 2.15 bits per heavy atom. The molecule has 3 aliphatic rings. The molecule has 1 N–H and O–H groups in total. The molecular formula is C12H12O. The van der Waals surface area contributed by atoms with E-state index in [1.807, 2.05) is 6.08 Å². The normalized spacial score (nSPS) is 27.4. The van der Waals surface area contributed by atoms with E-state index in [1.165, 1.54) is 16.7 Å². The number of aliphatic hydroxyl groups excluding tert-OH is 1. The van der Waals surface area contributed by atoms with Crippen LogP contribution in [0.5, 0.6) is 0 Å². The summed E-state index contributed by atoms with van der Waals surface area (Å²) in [5.74, 6) is 0.477. The molecule has 1 heteroatoms. The average molecular weight is 172 g/mol. The van der Waals surface area contributed by atoms with Crippen LogP contribution in [0.15, 0.2) is 46.3 Å². The van der Waals surface area contributed by atoms with E-state index in [-0.39, 0.29) is 5.41 Å². The van der Waals surface area contributed by atoms with Crippen molar-refractivity contribution in [1.82, 2.24) is 0 Å². The van der Waals surface area contributed by atoms with Gasteiger partial charge in [0.1, 0.15) is 5.76 Å². The second-order valence-corrected chi connectivity index (χ2v) is 4.44. The molecule has 0 aromatic carbocycles. The van der Waals surface area contributed by atoms with E-state index in [4.69, 9.17) is 0 Å². The van der Waals surface area contributed by atoms with E-state index in [0.717, 1.165) is 12.0 Å². The van der Waals surface area contributed by atoms with Gasteiger partial charge in [-0.3, -0.25) is 0 Å². The molecule has 3 rings (SSSR count). The predicted octanol–water partition coefficient (Wildman–Crippen LogP) is 3.03. The number of hydrogen-bond donors (Lipinski definition) is 1. The maximum absolute atomic E-state index is 9.74. The standard InChI is InChI=1S/C12H12O/c1-12(2)9-6-10(13)11(12)8-5-3-4-7(8)9/h3,5-6,13H,4H2,1-2H3. The summed E-state index contributed by atoms with van der Waals surface area (Å²) in [6, 6.07) is 0. The summed E-state index contributed by atoms with van der Waals surface area (Å²) in [6.45, 7) is 4.37. The van der Waals surface area contributed by atoms with Gasteiger partial charge in [0.2, 0.25) is 0 Å². The van der Waals surface area contributed by atoms with Crippen LogP contribution in [0.1, 0.15) is 20.3 Å². The van der Waals surface area contributed by atoms with Crippen LogP contribution in [-0.4, -0.2) is 5.11 Å². The highest BCUT2D eigenvalue weighted by molar-refractivity contribution is 5.73. The van der Waals surface area contributed by atoms with Gasteiger partial charge in [-0.15, -0.1) is 0 Å². The number of allylic oxidation sites excluding steroid dienone is 7. The monoisotopic (exact) mass is 172 g/mol. The lowest BCUT2D eigenvalue weighted by Crippen LogP contribution is -2.10. The van der Waals surface area contributed by atoms with E-state index in [0.29, 0.717) is 5.76 Å². The van der Waals surface area contributed by atoms with Crippen LogP contribution in [0.4, 0.5) is 0 Å². The quantitative estimate of drug-likeness (QED) is 0.595. The first-order valence-electron chi connectivity index (χ1n) is 4.68. The minimum Gasteiger partial charge on any atom is -0.508 e. The fraction of sp³-hybridized carbons (Fsp3) is 0.333. The first-order valence-corrected chi connectivity index (χ1v) is 4.68. The van der Waals surface area contributed by atoms with Crippen LogP contribution < -0.4 is 0 Å². The zero-order valence-corrected chi connectivity index (χ0v) is 7.89. The molecule has 0 radical (unpaired) electrons. The number of rotatable bonds is 0. The topological polar surface area (TPSA) is 20.2 Å². The van der Waals surface area contributed by atoms with E-state index < -0.39 is 0 Å². The summed E-state index contributed by atoms with van der Waals surface area (Å²) in [5.41, 5.74) is 5.21. The number of aliphatic hydroxyl groups is 1. The third kappa shape index (κ3) is 0.611. The van der Waals surface area contributed by atoms with Gasteiger partial charge in [0.05, 0.1) is 0 Å². The summed E-state index contributed by atoms with van der Waals surface area (Å²) >= 11 is 0. The maximum atomic E-state index is 9.74. The molecule has 0 aromatic heterocycles. The average Bonchev–Trinajstić information content (AvgIpc) is 2.60. The Hall–Kier alpha value is -1.24. The Kier molecular flexibility index (Phi) is 1.00. The van der Waals surface area contributed by atoms with Crippen LogP contribution in [-0.2, 0) is 0 Å². The second kappa shape index (κ2) is 1.82. The van der Waals surface area contributed by atoms with Crippen molar-refractivity contribution in [3.8, 4) is 0 Å². The van der Waals surface area contributed by atoms with Crippen molar-refractivity contribution >= 4 is 0 Å².